The summed E-state index contributed by atoms with van der Waals surface area (Å²) in [5.74, 6) is 1.29. The molecule has 3 heterocycles. The molecular weight excluding hydrogens is 350 g/mol. The number of guanidine groups is 1. The number of rotatable bonds is 6. The van der Waals surface area contributed by atoms with Gasteiger partial charge in [0.2, 0.25) is 5.91 Å². The number of hydrogen-bond acceptors (Lipinski definition) is 5. The van der Waals surface area contributed by atoms with Gasteiger partial charge in [0.1, 0.15) is 5.76 Å². The fourth-order valence-electron chi connectivity index (χ4n) is 2.91. The van der Waals surface area contributed by atoms with Crippen LogP contribution in [0.5, 0.6) is 0 Å². The van der Waals surface area contributed by atoms with E-state index in [0.717, 1.165) is 31.7 Å². The lowest BCUT2D eigenvalue weighted by molar-refractivity contribution is -0.120. The van der Waals surface area contributed by atoms with Gasteiger partial charge in [0.05, 0.1) is 24.4 Å². The number of carbonyl (C=O) groups excluding carboxylic acids is 1. The molecule has 1 saturated heterocycles. The van der Waals surface area contributed by atoms with E-state index in [0.29, 0.717) is 18.5 Å². The summed E-state index contributed by atoms with van der Waals surface area (Å²) in [6.45, 7) is 2.62. The van der Waals surface area contributed by atoms with Crippen LogP contribution < -0.4 is 20.9 Å². The summed E-state index contributed by atoms with van der Waals surface area (Å²) in [5, 5.41) is 12.7. The van der Waals surface area contributed by atoms with Crippen molar-refractivity contribution in [1.82, 2.24) is 16.0 Å². The Hall–Kier alpha value is -2.48. The zero-order chi connectivity index (χ0) is 18.2. The van der Waals surface area contributed by atoms with Crippen molar-refractivity contribution in [3.8, 4) is 0 Å². The minimum atomic E-state index is -0.100. The van der Waals surface area contributed by atoms with Crippen molar-refractivity contribution in [1.29, 1.82) is 0 Å². The van der Waals surface area contributed by atoms with Gasteiger partial charge in [-0.15, -0.1) is 11.3 Å². The Morgan fingerprint density at radius 1 is 1.31 bits per heavy atom. The molecule has 1 aliphatic rings. The number of aliphatic imine (C=N–C) groups is 1. The van der Waals surface area contributed by atoms with Crippen molar-refractivity contribution in [2.75, 3.05) is 31.6 Å². The number of hydrogen-bond donors (Lipinski definition) is 3. The normalized spacial score (nSPS) is 15.7. The molecule has 7 nitrogen and oxygen atoms in total. The van der Waals surface area contributed by atoms with Gasteiger partial charge in [0.15, 0.2) is 5.96 Å². The molecule has 0 aromatic carbocycles. The van der Waals surface area contributed by atoms with Crippen molar-refractivity contribution in [2.45, 2.75) is 25.4 Å². The number of furan rings is 1. The molecule has 140 valence electrons. The van der Waals surface area contributed by atoms with Crippen LogP contribution >= 0.6 is 11.3 Å². The van der Waals surface area contributed by atoms with Crippen LogP contribution in [0.1, 0.15) is 18.6 Å². The maximum atomic E-state index is 11.9. The average molecular weight is 375 g/mol. The van der Waals surface area contributed by atoms with E-state index in [1.54, 1.807) is 30.7 Å². The van der Waals surface area contributed by atoms with Crippen LogP contribution in [0.2, 0.25) is 0 Å². The molecule has 1 fully saturated rings. The molecule has 2 aromatic rings. The third kappa shape index (κ3) is 5.26. The van der Waals surface area contributed by atoms with Crippen LogP contribution in [0, 0.1) is 0 Å². The highest BCUT2D eigenvalue weighted by Crippen LogP contribution is 2.24. The lowest BCUT2D eigenvalue weighted by Crippen LogP contribution is -2.50. The molecule has 0 aliphatic carbocycles. The molecule has 0 atom stereocenters. The van der Waals surface area contributed by atoms with E-state index >= 15 is 0 Å². The van der Waals surface area contributed by atoms with E-state index in [-0.39, 0.29) is 12.5 Å². The molecule has 3 N–H and O–H groups in total. The Morgan fingerprint density at radius 2 is 2.15 bits per heavy atom. The predicted molar refractivity (Wildman–Crippen MR) is 105 cm³/mol. The first-order chi connectivity index (χ1) is 12.7. The monoisotopic (exact) mass is 375 g/mol. The summed E-state index contributed by atoms with van der Waals surface area (Å²) in [6.07, 6.45) is 3.68. The summed E-state index contributed by atoms with van der Waals surface area (Å²) >= 11 is 1.78. The van der Waals surface area contributed by atoms with Crippen molar-refractivity contribution in [2.24, 2.45) is 4.99 Å². The third-order valence-electron chi connectivity index (χ3n) is 4.33. The van der Waals surface area contributed by atoms with Gasteiger partial charge in [-0.1, -0.05) is 0 Å². The number of anilines is 1. The van der Waals surface area contributed by atoms with E-state index in [1.807, 2.05) is 6.07 Å². The van der Waals surface area contributed by atoms with Gasteiger partial charge in [-0.2, -0.15) is 0 Å². The summed E-state index contributed by atoms with van der Waals surface area (Å²) < 4.78 is 5.19. The van der Waals surface area contributed by atoms with Gasteiger partial charge in [0.25, 0.3) is 0 Å². The fraction of sp³-hybridized carbons (Fsp3) is 0.444. The van der Waals surface area contributed by atoms with Crippen LogP contribution in [0.25, 0.3) is 0 Å². The first-order valence-electron chi connectivity index (χ1n) is 8.79. The van der Waals surface area contributed by atoms with Crippen molar-refractivity contribution in [3.05, 3.63) is 41.7 Å². The number of nitrogens with one attached hydrogen (secondary N) is 3. The molecule has 0 spiro atoms. The summed E-state index contributed by atoms with van der Waals surface area (Å²) in [6, 6.07) is 8.25. The van der Waals surface area contributed by atoms with Crippen LogP contribution in [0.15, 0.2) is 45.3 Å². The summed E-state index contributed by atoms with van der Waals surface area (Å²) in [4.78, 5) is 18.6. The van der Waals surface area contributed by atoms with Gasteiger partial charge in [-0.3, -0.25) is 9.79 Å². The van der Waals surface area contributed by atoms with E-state index < -0.39 is 0 Å². The van der Waals surface area contributed by atoms with Crippen molar-refractivity contribution in [3.63, 3.8) is 0 Å². The first-order valence-corrected chi connectivity index (χ1v) is 9.67. The second-order valence-electron chi connectivity index (χ2n) is 6.14. The second-order valence-corrected chi connectivity index (χ2v) is 7.06. The topological polar surface area (TPSA) is 81.9 Å². The quantitative estimate of drug-likeness (QED) is 0.530. The molecule has 2 aromatic heterocycles. The molecule has 3 rings (SSSR count). The largest absolute Gasteiger partial charge is 0.467 e. The smallest absolute Gasteiger partial charge is 0.239 e. The minimum absolute atomic E-state index is 0.100. The summed E-state index contributed by atoms with van der Waals surface area (Å²) in [7, 11) is 1.72. The molecule has 0 bridgehead atoms. The van der Waals surface area contributed by atoms with Crippen LogP contribution in [0.4, 0.5) is 5.00 Å². The Kier molecular flexibility index (Phi) is 6.54. The molecule has 26 heavy (non-hydrogen) atoms. The number of nitrogens with zero attached hydrogens (tertiary/aromatic N) is 2. The SMILES string of the molecule is CN=C(NCC(=O)NCc1ccco1)NC1CCN(c2cccs2)CC1. The second kappa shape index (κ2) is 9.28. The van der Waals surface area contributed by atoms with E-state index in [9.17, 15) is 4.79 Å². The zero-order valence-electron chi connectivity index (χ0n) is 14.9. The standard InChI is InChI=1S/C18H25N5O2S/c1-19-18(21-13-16(24)20-12-15-4-2-10-25-15)22-14-6-8-23(9-7-14)17-5-3-11-26-17/h2-5,10-11,14H,6-9,12-13H2,1H3,(H,20,24)(H2,19,21,22). The average Bonchev–Trinajstić information content (AvgIpc) is 3.38. The van der Waals surface area contributed by atoms with Crippen LogP contribution in [0.3, 0.4) is 0 Å². The van der Waals surface area contributed by atoms with Crippen LogP contribution in [-0.2, 0) is 11.3 Å². The predicted octanol–water partition coefficient (Wildman–Crippen LogP) is 1.79. The van der Waals surface area contributed by atoms with Gasteiger partial charge in [-0.05, 0) is 42.5 Å². The Bertz CT molecular complexity index is 691. The Morgan fingerprint density at radius 3 is 2.81 bits per heavy atom. The van der Waals surface area contributed by atoms with Crippen LogP contribution in [-0.4, -0.2) is 44.6 Å². The molecule has 8 heteroatoms. The first kappa shape index (κ1) is 18.3. The molecule has 0 radical (unpaired) electrons. The molecule has 1 aliphatic heterocycles. The number of piperidine rings is 1. The fourth-order valence-corrected chi connectivity index (χ4v) is 3.69. The van der Waals surface area contributed by atoms with Gasteiger partial charge in [0, 0.05) is 26.2 Å². The maximum Gasteiger partial charge on any atom is 0.239 e. The molecular formula is C18H25N5O2S. The van der Waals surface area contributed by atoms with Crippen molar-refractivity contribution >= 4 is 28.2 Å². The Balaban J connectivity index is 1.36. The van der Waals surface area contributed by atoms with E-state index in [4.69, 9.17) is 4.42 Å². The Labute approximate surface area is 157 Å². The highest BCUT2D eigenvalue weighted by Gasteiger charge is 2.20. The molecule has 0 saturated carbocycles. The third-order valence-corrected chi connectivity index (χ3v) is 5.26. The lowest BCUT2D eigenvalue weighted by atomic mass is 10.1. The van der Waals surface area contributed by atoms with E-state index in [1.165, 1.54) is 5.00 Å². The minimum Gasteiger partial charge on any atom is -0.467 e. The van der Waals surface area contributed by atoms with Gasteiger partial charge in [-0.25, -0.2) is 0 Å². The molecule has 0 unspecified atom stereocenters. The number of carbonyl (C=O) groups is 1. The molecule has 1 amide bonds. The zero-order valence-corrected chi connectivity index (χ0v) is 15.7. The number of amides is 1. The van der Waals surface area contributed by atoms with Crippen molar-refractivity contribution < 1.29 is 9.21 Å². The highest BCUT2D eigenvalue weighted by atomic mass is 32.1. The maximum absolute atomic E-state index is 11.9. The van der Waals surface area contributed by atoms with Gasteiger partial charge < -0.3 is 25.3 Å². The van der Waals surface area contributed by atoms with E-state index in [2.05, 4.69) is 43.4 Å². The number of thiophene rings is 1. The van der Waals surface area contributed by atoms with Gasteiger partial charge >= 0.3 is 0 Å². The highest BCUT2D eigenvalue weighted by molar-refractivity contribution is 7.14. The summed E-state index contributed by atoms with van der Waals surface area (Å²) in [5.41, 5.74) is 0. The lowest BCUT2D eigenvalue weighted by Gasteiger charge is -2.33.